The van der Waals surface area contributed by atoms with Crippen LogP contribution in [0.5, 0.6) is 5.75 Å². The molecule has 0 aliphatic rings. The average Bonchev–Trinajstić information content (AvgIpc) is 2.37. The second-order valence-electron chi connectivity index (χ2n) is 3.87. The minimum atomic E-state index is -0.203. The van der Waals surface area contributed by atoms with Crippen LogP contribution in [0.1, 0.15) is 20.3 Å². The smallest absolute Gasteiger partial charge is 0.241 e. The first-order chi connectivity index (χ1) is 8.17. The summed E-state index contributed by atoms with van der Waals surface area (Å²) in [5.41, 5.74) is 0.779. The Morgan fingerprint density at radius 2 is 2.00 bits per heavy atom. The quantitative estimate of drug-likeness (QED) is 0.794. The third-order valence-corrected chi connectivity index (χ3v) is 2.42. The lowest BCUT2D eigenvalue weighted by atomic mass is 10.2. The lowest BCUT2D eigenvalue weighted by Crippen LogP contribution is -2.35. The van der Waals surface area contributed by atoms with E-state index in [0.29, 0.717) is 6.61 Å². The molecule has 0 saturated heterocycles. The molecular weight excluding hydrogens is 216 g/mol. The zero-order chi connectivity index (χ0) is 12.7. The van der Waals surface area contributed by atoms with Gasteiger partial charge in [0, 0.05) is 5.69 Å². The highest BCUT2D eigenvalue weighted by Gasteiger charge is 2.09. The monoisotopic (exact) mass is 236 g/mol. The molecule has 0 bridgehead atoms. The van der Waals surface area contributed by atoms with Crippen LogP contribution >= 0.6 is 0 Å². The number of amides is 1. The maximum absolute atomic E-state index is 11.6. The molecule has 0 aliphatic carbocycles. The van der Waals surface area contributed by atoms with E-state index >= 15 is 0 Å². The molecule has 17 heavy (non-hydrogen) atoms. The van der Waals surface area contributed by atoms with Gasteiger partial charge in [-0.05, 0) is 44.7 Å². The van der Waals surface area contributed by atoms with Crippen molar-refractivity contribution in [1.29, 1.82) is 0 Å². The molecule has 0 spiro atoms. The number of hydrogen-bond acceptors (Lipinski definition) is 3. The highest BCUT2D eigenvalue weighted by atomic mass is 16.5. The summed E-state index contributed by atoms with van der Waals surface area (Å²) >= 11 is 0. The molecule has 0 aliphatic heterocycles. The van der Waals surface area contributed by atoms with Gasteiger partial charge in [-0.25, -0.2) is 0 Å². The summed E-state index contributed by atoms with van der Waals surface area (Å²) in [6, 6.07) is 7.19. The third kappa shape index (κ3) is 4.44. The minimum Gasteiger partial charge on any atom is -0.494 e. The molecule has 1 atom stereocenters. The number of anilines is 1. The third-order valence-electron chi connectivity index (χ3n) is 2.42. The molecule has 0 aromatic heterocycles. The molecule has 1 aromatic rings. The first-order valence-electron chi connectivity index (χ1n) is 5.88. The van der Waals surface area contributed by atoms with Gasteiger partial charge in [0.25, 0.3) is 0 Å². The maximum Gasteiger partial charge on any atom is 0.241 e. The summed E-state index contributed by atoms with van der Waals surface area (Å²) in [6.07, 6.45) is 0.984. The van der Waals surface area contributed by atoms with E-state index in [-0.39, 0.29) is 11.9 Å². The number of hydrogen-bond donors (Lipinski definition) is 2. The van der Waals surface area contributed by atoms with E-state index in [2.05, 4.69) is 17.6 Å². The van der Waals surface area contributed by atoms with Gasteiger partial charge in [0.1, 0.15) is 5.75 Å². The van der Waals surface area contributed by atoms with Crippen molar-refractivity contribution >= 4 is 11.6 Å². The van der Waals surface area contributed by atoms with Gasteiger partial charge in [-0.15, -0.1) is 0 Å². The summed E-state index contributed by atoms with van der Waals surface area (Å²) in [5.74, 6) is 0.779. The Balaban J connectivity index is 2.53. The normalized spacial score (nSPS) is 11.9. The second kappa shape index (κ2) is 6.91. The molecule has 0 radical (unpaired) electrons. The zero-order valence-electron chi connectivity index (χ0n) is 10.6. The maximum atomic E-state index is 11.6. The lowest BCUT2D eigenvalue weighted by molar-refractivity contribution is -0.117. The molecule has 0 fully saturated rings. The molecule has 0 saturated carbocycles. The van der Waals surface area contributed by atoms with Gasteiger partial charge >= 0.3 is 0 Å². The van der Waals surface area contributed by atoms with E-state index in [1.54, 1.807) is 7.05 Å². The van der Waals surface area contributed by atoms with Crippen molar-refractivity contribution < 1.29 is 9.53 Å². The van der Waals surface area contributed by atoms with E-state index in [9.17, 15) is 4.79 Å². The van der Waals surface area contributed by atoms with Gasteiger partial charge in [0.2, 0.25) is 5.91 Å². The van der Waals surface area contributed by atoms with Gasteiger partial charge in [-0.2, -0.15) is 0 Å². The van der Waals surface area contributed by atoms with E-state index in [1.807, 2.05) is 31.2 Å². The summed E-state index contributed by atoms with van der Waals surface area (Å²) in [7, 11) is 1.76. The Hall–Kier alpha value is -1.55. The number of carbonyl (C=O) groups is 1. The fourth-order valence-electron chi connectivity index (χ4n) is 1.24. The van der Waals surface area contributed by atoms with Crippen LogP contribution in [0.25, 0.3) is 0 Å². The molecule has 1 amide bonds. The second-order valence-corrected chi connectivity index (χ2v) is 3.87. The number of likely N-dealkylation sites (N-methyl/N-ethyl adjacent to an activating group) is 1. The van der Waals surface area contributed by atoms with Crippen molar-refractivity contribution in [1.82, 2.24) is 5.32 Å². The molecule has 1 rings (SSSR count). The van der Waals surface area contributed by atoms with Crippen molar-refractivity contribution in [2.75, 3.05) is 19.0 Å². The van der Waals surface area contributed by atoms with Crippen LogP contribution in [0, 0.1) is 0 Å². The molecule has 94 valence electrons. The van der Waals surface area contributed by atoms with E-state index in [1.165, 1.54) is 0 Å². The lowest BCUT2D eigenvalue weighted by Gasteiger charge is -2.11. The van der Waals surface area contributed by atoms with Gasteiger partial charge < -0.3 is 15.4 Å². The van der Waals surface area contributed by atoms with Gasteiger partial charge in [-0.3, -0.25) is 4.79 Å². The van der Waals surface area contributed by atoms with Crippen molar-refractivity contribution in [3.05, 3.63) is 24.3 Å². The molecule has 1 aromatic carbocycles. The number of rotatable bonds is 6. The van der Waals surface area contributed by atoms with Crippen molar-refractivity contribution in [3.8, 4) is 5.75 Å². The fraction of sp³-hybridized carbons (Fsp3) is 0.462. The predicted octanol–water partition coefficient (Wildman–Crippen LogP) is 2.02. The predicted molar refractivity (Wildman–Crippen MR) is 69.4 cm³/mol. The van der Waals surface area contributed by atoms with Crippen LogP contribution in [-0.2, 0) is 4.79 Å². The number of carbonyl (C=O) groups excluding carboxylic acids is 1. The number of ether oxygens (including phenoxy) is 1. The van der Waals surface area contributed by atoms with Crippen molar-refractivity contribution in [2.24, 2.45) is 0 Å². The van der Waals surface area contributed by atoms with Crippen LogP contribution in [-0.4, -0.2) is 25.6 Å². The Bertz CT molecular complexity index is 349. The molecule has 1 unspecified atom stereocenters. The van der Waals surface area contributed by atoms with Crippen LogP contribution in [0.2, 0.25) is 0 Å². The Kier molecular flexibility index (Phi) is 5.49. The topological polar surface area (TPSA) is 50.4 Å². The van der Waals surface area contributed by atoms with Gasteiger partial charge in [0.15, 0.2) is 0 Å². The summed E-state index contributed by atoms with van der Waals surface area (Å²) in [5, 5.41) is 5.71. The van der Waals surface area contributed by atoms with E-state index < -0.39 is 0 Å². The SMILES string of the molecule is CCCOc1ccc(NC(=O)C(C)NC)cc1. The molecule has 2 N–H and O–H groups in total. The molecule has 4 nitrogen and oxygen atoms in total. The highest BCUT2D eigenvalue weighted by Crippen LogP contribution is 2.15. The van der Waals surface area contributed by atoms with Crippen molar-refractivity contribution in [2.45, 2.75) is 26.3 Å². The number of nitrogens with one attached hydrogen (secondary N) is 2. The average molecular weight is 236 g/mol. The van der Waals surface area contributed by atoms with Gasteiger partial charge in [-0.1, -0.05) is 6.92 Å². The summed E-state index contributed by atoms with van der Waals surface area (Å²) in [6.45, 7) is 4.59. The Morgan fingerprint density at radius 3 is 2.53 bits per heavy atom. The first-order valence-corrected chi connectivity index (χ1v) is 5.88. The van der Waals surface area contributed by atoms with E-state index in [0.717, 1.165) is 17.9 Å². The fourth-order valence-corrected chi connectivity index (χ4v) is 1.24. The first kappa shape index (κ1) is 13.5. The van der Waals surface area contributed by atoms with Crippen LogP contribution < -0.4 is 15.4 Å². The Morgan fingerprint density at radius 1 is 1.35 bits per heavy atom. The minimum absolute atomic E-state index is 0.0465. The summed E-state index contributed by atoms with van der Waals surface area (Å²) in [4.78, 5) is 11.6. The van der Waals surface area contributed by atoms with Crippen LogP contribution in [0.4, 0.5) is 5.69 Å². The largest absolute Gasteiger partial charge is 0.494 e. The standard InChI is InChI=1S/C13H20N2O2/c1-4-9-17-12-7-5-11(6-8-12)15-13(16)10(2)14-3/h5-8,10,14H,4,9H2,1-3H3,(H,15,16). The van der Waals surface area contributed by atoms with E-state index in [4.69, 9.17) is 4.74 Å². The summed E-state index contributed by atoms with van der Waals surface area (Å²) < 4.78 is 5.46. The zero-order valence-corrected chi connectivity index (χ0v) is 10.6. The Labute approximate surface area is 102 Å². The molecule has 0 heterocycles. The van der Waals surface area contributed by atoms with Crippen molar-refractivity contribution in [3.63, 3.8) is 0 Å². The number of benzene rings is 1. The molecular formula is C13H20N2O2. The van der Waals surface area contributed by atoms with Crippen LogP contribution in [0.3, 0.4) is 0 Å². The van der Waals surface area contributed by atoms with Crippen LogP contribution in [0.15, 0.2) is 24.3 Å². The highest BCUT2D eigenvalue weighted by molar-refractivity contribution is 5.94. The molecule has 4 heteroatoms. The van der Waals surface area contributed by atoms with Gasteiger partial charge in [0.05, 0.1) is 12.6 Å².